The van der Waals surface area contributed by atoms with E-state index in [9.17, 15) is 33.6 Å². The normalized spacial score (nSPS) is 11.1. The Morgan fingerprint density at radius 3 is 0.451 bits per heavy atom. The summed E-state index contributed by atoms with van der Waals surface area (Å²) in [5, 5.41) is 0. The zero-order chi connectivity index (χ0) is 109. The number of benzene rings is 7. The van der Waals surface area contributed by atoms with Crippen molar-refractivity contribution in [3.63, 3.8) is 0 Å². The van der Waals surface area contributed by atoms with Crippen LogP contribution in [0.5, 0.6) is 0 Å². The Labute approximate surface area is 902 Å². The third-order valence-electron chi connectivity index (χ3n) is 23.9. The average molecular weight is 2270 g/mol. The van der Waals surface area contributed by atoms with Crippen LogP contribution in [0.4, 0.5) is 0 Å². The van der Waals surface area contributed by atoms with Crippen LogP contribution in [0.15, 0.2) is 212 Å². The van der Waals surface area contributed by atoms with Crippen LogP contribution in [0, 0.1) is 0 Å². The fourth-order valence-electron chi connectivity index (χ4n) is 14.7. The molecule has 810 valence electrons. The smallest absolute Gasteiger partial charge is 0.338 e. The van der Waals surface area contributed by atoms with E-state index in [2.05, 4.69) is 233 Å². The van der Waals surface area contributed by atoms with Gasteiger partial charge in [0, 0.05) is 6.38 Å². The molecule has 0 aliphatic carbocycles. The predicted octanol–water partition coefficient (Wildman–Crippen LogP) is 23.9. The molecule has 23 nitrogen and oxygen atoms in total. The van der Waals surface area contributed by atoms with Crippen molar-refractivity contribution < 1.29 is 98.1 Å². The second-order valence-electron chi connectivity index (χ2n) is 34.8. The van der Waals surface area contributed by atoms with Crippen LogP contribution < -0.4 is 11.5 Å². The molecule has 0 aromatic heterocycles. The molecule has 0 heterocycles. The number of carbonyl (C=O) groups is 7. The summed E-state index contributed by atoms with van der Waals surface area (Å²) in [4.78, 5) is 82.4. The molecule has 0 aliphatic heterocycles. The molecule has 0 saturated heterocycles. The molecule has 0 amide bonds. The third kappa shape index (κ3) is 72.1. The van der Waals surface area contributed by atoms with Crippen molar-refractivity contribution in [2.75, 3.05) is 276 Å². The van der Waals surface area contributed by atoms with Crippen molar-refractivity contribution in [2.24, 2.45) is 11.5 Å². The molecule has 142 heavy (non-hydrogen) atoms. The van der Waals surface area contributed by atoms with Crippen LogP contribution in [0.2, 0.25) is 0 Å². The SMILES string of the molecule is CBr.CBr.CBr.CBr.CCCC[N+](CC)(CCC)CCOC(=O)c1ccccc1.CCCC[N+](CC)(CCC)CCOC(=O)c1ccccc1.CCC[N+](CC)(CCC)CCOC(=O)c1ccccc1.CC[N+](CC)(CC)CCOC(=O)c1ccccc1.CC[N+](CC)(CC)CCOC(=O)c1ccccc1.CCl.CN.CN.C[N+](C)(C)CCOC(=O)c1ccccc1.C[N+](C)(C)CCOC(=O)c1ccccc1. The van der Waals surface area contributed by atoms with Gasteiger partial charge in [0.2, 0.25) is 0 Å². The molecule has 2 atom stereocenters. The number of nitrogens with two attached hydrogens (primary N) is 2. The number of esters is 7. The largest absolute Gasteiger partial charge is 0.456 e. The number of halogens is 5. The number of unbranched alkanes of at least 4 members (excludes halogenated alkanes) is 2. The number of quaternary nitrogens is 7. The van der Waals surface area contributed by atoms with Crippen LogP contribution in [-0.2, 0) is 33.2 Å². The number of nitrogens with zero attached hydrogens (tertiary/aromatic N) is 7. The minimum atomic E-state index is -0.246. The molecule has 7 aromatic carbocycles. The summed E-state index contributed by atoms with van der Waals surface area (Å²) in [6, 6.07) is 64.1. The van der Waals surface area contributed by atoms with E-state index in [0.29, 0.717) is 85.2 Å². The first-order chi connectivity index (χ1) is 68.3. The first-order valence-electron chi connectivity index (χ1n) is 50.8. The lowest BCUT2D eigenvalue weighted by Crippen LogP contribution is -2.51. The van der Waals surface area contributed by atoms with E-state index in [4.69, 9.17) is 33.2 Å². The highest BCUT2D eigenvalue weighted by Gasteiger charge is 2.29. The van der Waals surface area contributed by atoms with Gasteiger partial charge >= 0.3 is 41.8 Å². The maximum atomic E-state index is 12.0. The number of hydrogen-bond acceptors (Lipinski definition) is 16. The second-order valence-corrected chi connectivity index (χ2v) is 34.8. The number of hydrogen-bond donors (Lipinski definition) is 2. The summed E-state index contributed by atoms with van der Waals surface area (Å²) in [7, 11) is 15.4. The minimum Gasteiger partial charge on any atom is -0.456 e. The molecule has 0 aliphatic rings. The van der Waals surface area contributed by atoms with Gasteiger partial charge in [0.1, 0.15) is 92.1 Å². The van der Waals surface area contributed by atoms with Crippen LogP contribution in [0.25, 0.3) is 0 Å². The summed E-state index contributed by atoms with van der Waals surface area (Å²) in [6.45, 7) is 59.6. The molecule has 28 heteroatoms. The van der Waals surface area contributed by atoms with E-state index in [0.717, 1.165) is 149 Å². The topological polar surface area (TPSA) is 236 Å². The monoisotopic (exact) mass is 2270 g/mol. The van der Waals surface area contributed by atoms with E-state index in [-0.39, 0.29) is 41.8 Å². The lowest BCUT2D eigenvalue weighted by molar-refractivity contribution is -0.926. The summed E-state index contributed by atoms with van der Waals surface area (Å²) in [6.07, 6.45) is 11.1. The summed E-state index contributed by atoms with van der Waals surface area (Å²) >= 11 is 16.4. The molecule has 2 unspecified atom stereocenters. The van der Waals surface area contributed by atoms with Crippen molar-refractivity contribution >= 4 is 117 Å². The number of likely N-dealkylation sites (N-methyl/N-ethyl adjacent to an activating group) is 7. The molecule has 0 fully saturated rings. The molecule has 0 saturated carbocycles. The second kappa shape index (κ2) is 97.1. The number of alkyl halides is 5. The molecule has 0 bridgehead atoms. The molecule has 0 radical (unpaired) electrons. The van der Waals surface area contributed by atoms with Gasteiger partial charge in [0.25, 0.3) is 0 Å². The van der Waals surface area contributed by atoms with Gasteiger partial charge in [-0.25, -0.2) is 33.6 Å². The minimum absolute atomic E-state index is 0.211. The fourth-order valence-corrected chi connectivity index (χ4v) is 14.7. The predicted molar refractivity (Wildman–Crippen MR) is 615 cm³/mol. The van der Waals surface area contributed by atoms with Crippen molar-refractivity contribution in [1.29, 1.82) is 0 Å². The summed E-state index contributed by atoms with van der Waals surface area (Å²) < 4.78 is 44.1. The van der Waals surface area contributed by atoms with Gasteiger partial charge in [-0.15, -0.1) is 11.6 Å². The standard InChI is InChI=1S/2C18H30NO2.C17H28NO2.2C15H24NO2.2C12H18NO2.4CH3Br.CH3Cl.2CH5N/c2*1-4-7-14-19(6-3,13-5-2)15-16-21-18(20)17-11-9-8-10-12-17;1-4-12-18(6-3,13-5-2)14-15-20-17(19)16-10-8-7-9-11-16;2*1-4-16(5-2,6-3)12-13-18-15(17)14-10-8-7-9-11-14;2*1-13(2,3)9-10-15-12(14)11-7-5-4-6-8-11;7*1-2/h2*8-12H,4-7,13-16H2,1-3H3;7-11H,4-6,12-15H2,1-3H3;2*7-11H,4-6,12-13H2,1-3H3;2*4-8H,9-10H2,1-3H3;5*1H3;2*2H2,1H3/q7*+1;;;;;;;. The van der Waals surface area contributed by atoms with Gasteiger partial charge in [-0.2, -0.15) is 0 Å². The van der Waals surface area contributed by atoms with Gasteiger partial charge in [-0.05, 0) is 223 Å². The van der Waals surface area contributed by atoms with Crippen molar-refractivity contribution in [2.45, 2.75) is 155 Å². The van der Waals surface area contributed by atoms with E-state index in [1.165, 1.54) is 98.0 Å². The highest BCUT2D eigenvalue weighted by Crippen LogP contribution is 2.18. The zero-order valence-corrected chi connectivity index (χ0v) is 100. The Bertz CT molecular complexity index is 3800. The van der Waals surface area contributed by atoms with Crippen molar-refractivity contribution in [3.8, 4) is 0 Å². The van der Waals surface area contributed by atoms with E-state index in [1.54, 1.807) is 84.9 Å². The van der Waals surface area contributed by atoms with Crippen LogP contribution in [0.3, 0.4) is 0 Å². The first-order valence-corrected chi connectivity index (χ1v) is 57.9. The maximum Gasteiger partial charge on any atom is 0.338 e. The van der Waals surface area contributed by atoms with E-state index in [1.807, 2.05) is 151 Å². The third-order valence-corrected chi connectivity index (χ3v) is 23.9. The van der Waals surface area contributed by atoms with Crippen LogP contribution in [0.1, 0.15) is 228 Å². The summed E-state index contributed by atoms with van der Waals surface area (Å²) in [5.74, 6) is 5.67. The lowest BCUT2D eigenvalue weighted by atomic mass is 10.2. The lowest BCUT2D eigenvalue weighted by Gasteiger charge is -2.37. The molecular weight excluding hydrogens is 2070 g/mol. The quantitative estimate of drug-likeness (QED) is 0.0156. The Morgan fingerprint density at radius 1 is 0.204 bits per heavy atom. The van der Waals surface area contributed by atoms with Gasteiger partial charge in [0.15, 0.2) is 0 Å². The zero-order valence-electron chi connectivity index (χ0n) is 93.3. The Hall–Kier alpha value is -7.32. The molecule has 0 spiro atoms. The number of ether oxygens (including phenoxy) is 7. The van der Waals surface area contributed by atoms with E-state index < -0.39 is 0 Å². The van der Waals surface area contributed by atoms with Gasteiger partial charge < -0.3 is 76.0 Å². The number of carbonyl (C=O) groups excluding carboxylic acids is 7. The number of rotatable bonds is 51. The Kier molecular flexibility index (Phi) is 101. The molecular formula is C114H197Br4ClN9O14+7. The van der Waals surface area contributed by atoms with Gasteiger partial charge in [-0.3, -0.25) is 0 Å². The molecule has 7 aromatic rings. The highest BCUT2D eigenvalue weighted by molar-refractivity contribution is 9.09. The van der Waals surface area contributed by atoms with Crippen LogP contribution in [-0.4, -0.2) is 349 Å². The van der Waals surface area contributed by atoms with E-state index >= 15 is 0 Å². The molecule has 7 rings (SSSR count). The van der Waals surface area contributed by atoms with Crippen molar-refractivity contribution in [1.82, 2.24) is 0 Å². The maximum absolute atomic E-state index is 12.0. The fraction of sp³-hybridized carbons (Fsp3) is 0.570. The average Bonchev–Trinajstić information content (AvgIpc) is 0.875. The van der Waals surface area contributed by atoms with Gasteiger partial charge in [-0.1, -0.05) is 245 Å². The summed E-state index contributed by atoms with van der Waals surface area (Å²) in [5.41, 5.74) is 13.4. The Balaban J connectivity index is -0.000000294. The highest BCUT2D eigenvalue weighted by atomic mass is 79.9. The van der Waals surface area contributed by atoms with Gasteiger partial charge in [0.05, 0.1) is 179 Å². The first kappa shape index (κ1) is 148. The van der Waals surface area contributed by atoms with Crippen molar-refractivity contribution in [3.05, 3.63) is 251 Å². The van der Waals surface area contributed by atoms with Crippen LogP contribution >= 0.6 is 75.3 Å². The molecule has 4 N–H and O–H groups in total. The Morgan fingerprint density at radius 2 is 0.331 bits per heavy atom.